The summed E-state index contributed by atoms with van der Waals surface area (Å²) in [4.78, 5) is 0. The van der Waals surface area contributed by atoms with Crippen molar-refractivity contribution in [1.29, 1.82) is 0 Å². The van der Waals surface area contributed by atoms with E-state index in [0.29, 0.717) is 33.8 Å². The smallest absolute Gasteiger partial charge is 0.141 e. The Morgan fingerprint density at radius 3 is 2.15 bits per heavy atom. The quantitative estimate of drug-likeness (QED) is 0.860. The van der Waals surface area contributed by atoms with Crippen LogP contribution in [0.15, 0.2) is 36.4 Å². The standard InChI is InChI=1S/C15H14Cl3NO/c16-12-4-2-5-13(17)11(12)9-20-15-10(7-8-19)3-1-6-14(15)18/h1-6H,7-9,19H2. The Morgan fingerprint density at radius 2 is 1.50 bits per heavy atom. The van der Waals surface area contributed by atoms with Crippen molar-refractivity contribution in [2.75, 3.05) is 6.54 Å². The average molecular weight is 331 g/mol. The fraction of sp³-hybridized carbons (Fsp3) is 0.200. The van der Waals surface area contributed by atoms with E-state index < -0.39 is 0 Å². The Bertz CT molecular complexity index is 581. The van der Waals surface area contributed by atoms with Crippen molar-refractivity contribution in [2.45, 2.75) is 13.0 Å². The van der Waals surface area contributed by atoms with Crippen LogP contribution in [0.5, 0.6) is 5.75 Å². The van der Waals surface area contributed by atoms with Crippen molar-refractivity contribution < 1.29 is 4.74 Å². The normalized spacial score (nSPS) is 10.6. The molecule has 0 saturated carbocycles. The van der Waals surface area contributed by atoms with Crippen LogP contribution in [0.3, 0.4) is 0 Å². The number of ether oxygens (including phenoxy) is 1. The van der Waals surface area contributed by atoms with Gasteiger partial charge >= 0.3 is 0 Å². The molecule has 0 atom stereocenters. The second kappa shape index (κ2) is 7.19. The predicted molar refractivity (Wildman–Crippen MR) is 85.0 cm³/mol. The number of para-hydroxylation sites is 1. The summed E-state index contributed by atoms with van der Waals surface area (Å²) in [7, 11) is 0. The zero-order valence-electron chi connectivity index (χ0n) is 10.7. The number of benzene rings is 2. The molecule has 20 heavy (non-hydrogen) atoms. The molecule has 0 radical (unpaired) electrons. The van der Waals surface area contributed by atoms with Gasteiger partial charge in [0.15, 0.2) is 0 Å². The molecule has 0 fully saturated rings. The van der Waals surface area contributed by atoms with E-state index in [4.69, 9.17) is 45.3 Å². The molecule has 2 aromatic carbocycles. The van der Waals surface area contributed by atoms with Gasteiger partial charge in [-0.15, -0.1) is 0 Å². The maximum absolute atomic E-state index is 6.18. The van der Waals surface area contributed by atoms with Crippen molar-refractivity contribution in [3.63, 3.8) is 0 Å². The number of hydrogen-bond donors (Lipinski definition) is 1. The van der Waals surface area contributed by atoms with Crippen LogP contribution in [0.25, 0.3) is 0 Å². The van der Waals surface area contributed by atoms with Gasteiger partial charge in [-0.2, -0.15) is 0 Å². The van der Waals surface area contributed by atoms with E-state index in [-0.39, 0.29) is 6.61 Å². The molecule has 0 aliphatic heterocycles. The van der Waals surface area contributed by atoms with Gasteiger partial charge < -0.3 is 10.5 Å². The maximum atomic E-state index is 6.18. The summed E-state index contributed by atoms with van der Waals surface area (Å²) in [6.07, 6.45) is 0.701. The van der Waals surface area contributed by atoms with Crippen LogP contribution in [-0.4, -0.2) is 6.54 Å². The molecular weight excluding hydrogens is 317 g/mol. The number of halogens is 3. The molecule has 106 valence electrons. The van der Waals surface area contributed by atoms with Gasteiger partial charge in [-0.1, -0.05) is 53.0 Å². The molecule has 2 N–H and O–H groups in total. The monoisotopic (exact) mass is 329 g/mol. The molecule has 5 heteroatoms. The molecule has 0 spiro atoms. The van der Waals surface area contributed by atoms with Gasteiger partial charge in [0.2, 0.25) is 0 Å². The first-order chi connectivity index (χ1) is 9.63. The topological polar surface area (TPSA) is 35.2 Å². The van der Waals surface area contributed by atoms with Crippen molar-refractivity contribution in [3.8, 4) is 5.75 Å². The first-order valence-corrected chi connectivity index (χ1v) is 7.30. The van der Waals surface area contributed by atoms with Crippen molar-refractivity contribution in [3.05, 3.63) is 62.6 Å². The summed E-state index contributed by atoms with van der Waals surface area (Å²) in [5.41, 5.74) is 7.31. The van der Waals surface area contributed by atoms with Gasteiger partial charge in [0.05, 0.1) is 5.02 Å². The molecule has 0 bridgehead atoms. The SMILES string of the molecule is NCCc1cccc(Cl)c1OCc1c(Cl)cccc1Cl. The molecule has 0 unspecified atom stereocenters. The molecule has 0 aromatic heterocycles. The average Bonchev–Trinajstić information content (AvgIpc) is 2.41. The number of hydrogen-bond acceptors (Lipinski definition) is 2. The highest BCUT2D eigenvalue weighted by Crippen LogP contribution is 2.32. The lowest BCUT2D eigenvalue weighted by molar-refractivity contribution is 0.303. The van der Waals surface area contributed by atoms with Crippen LogP contribution < -0.4 is 10.5 Å². The molecule has 2 aromatic rings. The van der Waals surface area contributed by atoms with Crippen LogP contribution in [0, 0.1) is 0 Å². The van der Waals surface area contributed by atoms with Crippen molar-refractivity contribution in [1.82, 2.24) is 0 Å². The summed E-state index contributed by atoms with van der Waals surface area (Å²) in [6, 6.07) is 11.0. The van der Waals surface area contributed by atoms with Crippen LogP contribution in [0.4, 0.5) is 0 Å². The van der Waals surface area contributed by atoms with Crippen LogP contribution >= 0.6 is 34.8 Å². The summed E-state index contributed by atoms with van der Waals surface area (Å²) in [6.45, 7) is 0.795. The third-order valence-electron chi connectivity index (χ3n) is 2.88. The lowest BCUT2D eigenvalue weighted by atomic mass is 10.1. The zero-order valence-corrected chi connectivity index (χ0v) is 13.0. The largest absolute Gasteiger partial charge is 0.487 e. The highest BCUT2D eigenvalue weighted by Gasteiger charge is 2.11. The second-order valence-corrected chi connectivity index (χ2v) is 5.48. The molecule has 0 saturated heterocycles. The van der Waals surface area contributed by atoms with E-state index >= 15 is 0 Å². The minimum Gasteiger partial charge on any atom is -0.487 e. The van der Waals surface area contributed by atoms with Gasteiger partial charge in [-0.25, -0.2) is 0 Å². The Hall–Kier alpha value is -0.930. The predicted octanol–water partition coefficient (Wildman–Crippen LogP) is 4.73. The van der Waals surface area contributed by atoms with Crippen LogP contribution in [0.1, 0.15) is 11.1 Å². The third-order valence-corrected chi connectivity index (χ3v) is 3.89. The maximum Gasteiger partial charge on any atom is 0.141 e. The summed E-state index contributed by atoms with van der Waals surface area (Å²) >= 11 is 18.4. The molecule has 0 amide bonds. The van der Waals surface area contributed by atoms with E-state index in [1.165, 1.54) is 0 Å². The molecule has 0 aliphatic carbocycles. The number of rotatable bonds is 5. The molecule has 2 nitrogen and oxygen atoms in total. The lowest BCUT2D eigenvalue weighted by Crippen LogP contribution is -2.06. The summed E-state index contributed by atoms with van der Waals surface area (Å²) < 4.78 is 5.81. The number of nitrogens with two attached hydrogens (primary N) is 1. The van der Waals surface area contributed by atoms with E-state index in [1.807, 2.05) is 12.1 Å². The van der Waals surface area contributed by atoms with Crippen LogP contribution in [0.2, 0.25) is 15.1 Å². The van der Waals surface area contributed by atoms with Crippen LogP contribution in [-0.2, 0) is 13.0 Å². The highest BCUT2D eigenvalue weighted by atomic mass is 35.5. The van der Waals surface area contributed by atoms with E-state index in [2.05, 4.69) is 0 Å². The molecular formula is C15H14Cl3NO. The lowest BCUT2D eigenvalue weighted by Gasteiger charge is -2.14. The first kappa shape index (κ1) is 15.5. The van der Waals surface area contributed by atoms with Crippen molar-refractivity contribution in [2.24, 2.45) is 5.73 Å². The van der Waals surface area contributed by atoms with Gasteiger partial charge in [0.25, 0.3) is 0 Å². The highest BCUT2D eigenvalue weighted by molar-refractivity contribution is 6.36. The Balaban J connectivity index is 2.23. The Morgan fingerprint density at radius 1 is 0.900 bits per heavy atom. The van der Waals surface area contributed by atoms with E-state index in [9.17, 15) is 0 Å². The molecule has 2 rings (SSSR count). The Labute approximate surface area is 133 Å². The van der Waals surface area contributed by atoms with E-state index in [0.717, 1.165) is 11.1 Å². The first-order valence-electron chi connectivity index (χ1n) is 6.16. The molecule has 0 aliphatic rings. The van der Waals surface area contributed by atoms with Gasteiger partial charge in [-0.05, 0) is 36.7 Å². The summed E-state index contributed by atoms with van der Waals surface area (Å²) in [5.74, 6) is 0.635. The minimum atomic E-state index is 0.264. The van der Waals surface area contributed by atoms with Crippen molar-refractivity contribution >= 4 is 34.8 Å². The molecule has 0 heterocycles. The fourth-order valence-electron chi connectivity index (χ4n) is 1.88. The fourth-order valence-corrected chi connectivity index (χ4v) is 2.64. The van der Waals surface area contributed by atoms with Gasteiger partial charge in [0.1, 0.15) is 12.4 Å². The third kappa shape index (κ3) is 3.58. The minimum absolute atomic E-state index is 0.264. The van der Waals surface area contributed by atoms with E-state index in [1.54, 1.807) is 24.3 Å². The van der Waals surface area contributed by atoms with Gasteiger partial charge in [-0.3, -0.25) is 0 Å². The Kier molecular flexibility index (Phi) is 5.55. The summed E-state index contributed by atoms with van der Waals surface area (Å²) in [5, 5.41) is 1.70. The zero-order chi connectivity index (χ0) is 14.5. The second-order valence-electron chi connectivity index (χ2n) is 4.26. The van der Waals surface area contributed by atoms with Gasteiger partial charge in [0, 0.05) is 15.6 Å².